The van der Waals surface area contributed by atoms with Crippen LogP contribution in [-0.4, -0.2) is 13.2 Å². The molecule has 0 radical (unpaired) electrons. The first-order chi connectivity index (χ1) is 7.08. The fourth-order valence-corrected chi connectivity index (χ4v) is 2.43. The molecule has 15 heavy (non-hydrogen) atoms. The number of rotatable bonds is 4. The van der Waals surface area contributed by atoms with E-state index < -0.39 is 0 Å². The second-order valence-electron chi connectivity index (χ2n) is 3.42. The Bertz CT molecular complexity index is 342. The van der Waals surface area contributed by atoms with Crippen molar-refractivity contribution >= 4 is 37.5 Å². The molecule has 2 nitrogen and oxygen atoms in total. The smallest absolute Gasteiger partial charge is 0.135 e. The highest BCUT2D eigenvalue weighted by Crippen LogP contribution is 2.34. The van der Waals surface area contributed by atoms with Gasteiger partial charge in [0.25, 0.3) is 0 Å². The molecule has 0 heterocycles. The van der Waals surface area contributed by atoms with E-state index in [1.54, 1.807) is 7.11 Å². The molecular formula is C11H15Br2NO. The van der Waals surface area contributed by atoms with Crippen LogP contribution in [0.1, 0.15) is 20.3 Å². The second-order valence-corrected chi connectivity index (χ2v) is 5.13. The zero-order valence-corrected chi connectivity index (χ0v) is 12.3. The Kier molecular flexibility index (Phi) is 4.93. The molecule has 84 valence electrons. The fraction of sp³-hybridized carbons (Fsp3) is 0.455. The molecule has 0 saturated carbocycles. The van der Waals surface area contributed by atoms with Crippen molar-refractivity contribution in [2.75, 3.05) is 12.4 Å². The third kappa shape index (κ3) is 3.38. The van der Waals surface area contributed by atoms with Gasteiger partial charge in [-0.3, -0.25) is 0 Å². The molecule has 1 unspecified atom stereocenters. The zero-order valence-electron chi connectivity index (χ0n) is 9.10. The molecule has 0 saturated heterocycles. The van der Waals surface area contributed by atoms with Crippen LogP contribution in [0.25, 0.3) is 0 Å². The lowest BCUT2D eigenvalue weighted by atomic mass is 10.2. The predicted octanol–water partition coefficient (Wildman–Crippen LogP) is 4.43. The largest absolute Gasteiger partial charge is 0.495 e. The van der Waals surface area contributed by atoms with Gasteiger partial charge in [-0.25, -0.2) is 0 Å². The van der Waals surface area contributed by atoms with E-state index >= 15 is 0 Å². The van der Waals surface area contributed by atoms with Gasteiger partial charge in [0, 0.05) is 16.6 Å². The summed E-state index contributed by atoms with van der Waals surface area (Å²) in [6.07, 6.45) is 1.09. The van der Waals surface area contributed by atoms with Crippen molar-refractivity contribution in [3.63, 3.8) is 0 Å². The maximum atomic E-state index is 5.25. The maximum absolute atomic E-state index is 5.25. The van der Waals surface area contributed by atoms with E-state index in [-0.39, 0.29) is 0 Å². The van der Waals surface area contributed by atoms with Gasteiger partial charge >= 0.3 is 0 Å². The van der Waals surface area contributed by atoms with Gasteiger partial charge in [-0.2, -0.15) is 0 Å². The van der Waals surface area contributed by atoms with E-state index in [2.05, 4.69) is 51.0 Å². The topological polar surface area (TPSA) is 21.3 Å². The predicted molar refractivity (Wildman–Crippen MR) is 71.8 cm³/mol. The molecule has 0 fully saturated rings. The van der Waals surface area contributed by atoms with Crippen molar-refractivity contribution in [1.82, 2.24) is 0 Å². The summed E-state index contributed by atoms with van der Waals surface area (Å²) in [6.45, 7) is 4.31. The number of benzene rings is 1. The average molecular weight is 337 g/mol. The Balaban J connectivity index is 2.97. The fourth-order valence-electron chi connectivity index (χ4n) is 1.16. The van der Waals surface area contributed by atoms with Crippen LogP contribution in [0.4, 0.5) is 5.69 Å². The van der Waals surface area contributed by atoms with Crippen molar-refractivity contribution < 1.29 is 4.74 Å². The van der Waals surface area contributed by atoms with Crippen molar-refractivity contribution in [3.05, 3.63) is 21.1 Å². The quantitative estimate of drug-likeness (QED) is 0.878. The van der Waals surface area contributed by atoms with Gasteiger partial charge in [-0.05, 0) is 51.3 Å². The third-order valence-electron chi connectivity index (χ3n) is 2.26. The number of halogens is 2. The number of ether oxygens (including phenoxy) is 1. The molecule has 1 atom stereocenters. The molecule has 0 amide bonds. The molecule has 0 aliphatic carbocycles. The number of nitrogens with one attached hydrogen (secondary N) is 1. The van der Waals surface area contributed by atoms with Gasteiger partial charge in [0.15, 0.2) is 0 Å². The van der Waals surface area contributed by atoms with Crippen molar-refractivity contribution in [2.45, 2.75) is 26.3 Å². The van der Waals surface area contributed by atoms with Crippen LogP contribution in [0.3, 0.4) is 0 Å². The minimum absolute atomic E-state index is 0.451. The minimum Gasteiger partial charge on any atom is -0.495 e. The Morgan fingerprint density at radius 1 is 1.33 bits per heavy atom. The van der Waals surface area contributed by atoms with Crippen LogP contribution in [0.2, 0.25) is 0 Å². The Labute approximate surface area is 108 Å². The monoisotopic (exact) mass is 335 g/mol. The Morgan fingerprint density at radius 2 is 2.00 bits per heavy atom. The average Bonchev–Trinajstić information content (AvgIpc) is 2.21. The summed E-state index contributed by atoms with van der Waals surface area (Å²) in [4.78, 5) is 0. The Morgan fingerprint density at radius 3 is 2.53 bits per heavy atom. The zero-order chi connectivity index (χ0) is 11.4. The summed E-state index contributed by atoms with van der Waals surface area (Å²) in [5.74, 6) is 0.837. The van der Waals surface area contributed by atoms with Crippen LogP contribution in [-0.2, 0) is 0 Å². The minimum atomic E-state index is 0.451. The number of hydrogen-bond donors (Lipinski definition) is 1. The first-order valence-electron chi connectivity index (χ1n) is 4.88. The molecule has 0 bridgehead atoms. The lowest BCUT2D eigenvalue weighted by Crippen LogP contribution is -2.13. The van der Waals surface area contributed by atoms with Crippen LogP contribution >= 0.6 is 31.9 Å². The molecule has 0 spiro atoms. The third-order valence-corrected chi connectivity index (χ3v) is 3.53. The highest BCUT2D eigenvalue weighted by Gasteiger charge is 2.08. The van der Waals surface area contributed by atoms with Crippen LogP contribution < -0.4 is 10.1 Å². The SMILES string of the molecule is CCC(C)Nc1cc(OC)c(Br)cc1Br. The van der Waals surface area contributed by atoms with Crippen LogP contribution in [0.15, 0.2) is 21.1 Å². The Hall–Kier alpha value is -0.220. The van der Waals surface area contributed by atoms with E-state index in [1.165, 1.54) is 0 Å². The van der Waals surface area contributed by atoms with Gasteiger partial charge in [-0.1, -0.05) is 6.92 Å². The van der Waals surface area contributed by atoms with Gasteiger partial charge in [0.1, 0.15) is 5.75 Å². The van der Waals surface area contributed by atoms with Gasteiger partial charge in [0.05, 0.1) is 17.3 Å². The lowest BCUT2D eigenvalue weighted by Gasteiger charge is -2.16. The van der Waals surface area contributed by atoms with Crippen molar-refractivity contribution in [1.29, 1.82) is 0 Å². The number of methoxy groups -OCH3 is 1. The number of anilines is 1. The molecule has 1 rings (SSSR count). The molecule has 0 aliphatic heterocycles. The van der Waals surface area contributed by atoms with Crippen LogP contribution in [0.5, 0.6) is 5.75 Å². The van der Waals surface area contributed by atoms with Gasteiger partial charge in [-0.15, -0.1) is 0 Å². The summed E-state index contributed by atoms with van der Waals surface area (Å²) < 4.78 is 7.24. The van der Waals surface area contributed by atoms with Crippen LogP contribution in [0, 0.1) is 0 Å². The summed E-state index contributed by atoms with van der Waals surface area (Å²) in [7, 11) is 1.67. The lowest BCUT2D eigenvalue weighted by molar-refractivity contribution is 0.412. The standard InChI is InChI=1S/C11H15Br2NO/c1-4-7(2)14-10-6-11(15-3)9(13)5-8(10)12/h5-7,14H,4H2,1-3H3. The first kappa shape index (κ1) is 12.8. The van der Waals surface area contributed by atoms with E-state index in [4.69, 9.17) is 4.74 Å². The van der Waals surface area contributed by atoms with Gasteiger partial charge < -0.3 is 10.1 Å². The molecule has 0 aromatic heterocycles. The second kappa shape index (κ2) is 5.75. The van der Waals surface area contributed by atoms with E-state index in [0.717, 1.165) is 26.8 Å². The number of hydrogen-bond acceptors (Lipinski definition) is 2. The summed E-state index contributed by atoms with van der Waals surface area (Å²) in [6, 6.07) is 4.43. The molecule has 1 aromatic rings. The molecule has 1 aromatic carbocycles. The normalized spacial score (nSPS) is 12.3. The summed E-state index contributed by atoms with van der Waals surface area (Å²) in [5.41, 5.74) is 1.06. The molecule has 1 N–H and O–H groups in total. The van der Waals surface area contributed by atoms with E-state index in [1.807, 2.05) is 12.1 Å². The van der Waals surface area contributed by atoms with Crippen molar-refractivity contribution in [3.8, 4) is 5.75 Å². The molecule has 4 heteroatoms. The highest BCUT2D eigenvalue weighted by molar-refractivity contribution is 9.11. The maximum Gasteiger partial charge on any atom is 0.135 e. The molecular weight excluding hydrogens is 322 g/mol. The molecule has 0 aliphatic rings. The highest BCUT2D eigenvalue weighted by atomic mass is 79.9. The van der Waals surface area contributed by atoms with Crippen molar-refractivity contribution in [2.24, 2.45) is 0 Å². The first-order valence-corrected chi connectivity index (χ1v) is 6.46. The summed E-state index contributed by atoms with van der Waals surface area (Å²) in [5, 5.41) is 3.41. The van der Waals surface area contributed by atoms with E-state index in [9.17, 15) is 0 Å². The summed E-state index contributed by atoms with van der Waals surface area (Å²) >= 11 is 6.96. The van der Waals surface area contributed by atoms with Gasteiger partial charge in [0.2, 0.25) is 0 Å². The van der Waals surface area contributed by atoms with E-state index in [0.29, 0.717) is 6.04 Å².